The number of nitrogens with zero attached hydrogens (tertiary/aromatic N) is 2. The van der Waals surface area contributed by atoms with Gasteiger partial charge in [0, 0.05) is 19.3 Å². The van der Waals surface area contributed by atoms with E-state index < -0.39 is 10.8 Å². The fraction of sp³-hybridized carbons (Fsp3) is 0.600. The van der Waals surface area contributed by atoms with Crippen LogP contribution in [-0.2, 0) is 15.6 Å². The standard InChI is InChI=1S/C15H21ClN2O2S/c1-11-6-3-4-8-13(11)18(2)14(19)10-21(20)15-12(16)7-5-9-17-15/h5,7,9,11,13H,3-4,6,8,10H2,1-2H3/t11-,13-,21-/m1/s1. The van der Waals surface area contributed by atoms with E-state index in [1.165, 1.54) is 12.6 Å². The SMILES string of the molecule is C[C@@H]1CCCC[C@H]1N(C)C(=O)C[S@@](=O)c1ncccc1Cl. The summed E-state index contributed by atoms with van der Waals surface area (Å²) in [7, 11) is 0.316. The number of halogens is 1. The largest absolute Gasteiger partial charge is 0.342 e. The molecular weight excluding hydrogens is 308 g/mol. The maximum Gasteiger partial charge on any atom is 0.235 e. The van der Waals surface area contributed by atoms with Gasteiger partial charge >= 0.3 is 0 Å². The predicted octanol–water partition coefficient (Wildman–Crippen LogP) is 2.88. The Kier molecular flexibility index (Phi) is 5.76. The molecule has 1 heterocycles. The molecule has 0 radical (unpaired) electrons. The molecule has 21 heavy (non-hydrogen) atoms. The van der Waals surface area contributed by atoms with E-state index in [1.54, 1.807) is 17.0 Å². The molecule has 3 atom stereocenters. The van der Waals surface area contributed by atoms with Crippen LogP contribution in [0.25, 0.3) is 0 Å². The first-order valence-corrected chi connectivity index (χ1v) is 8.95. The van der Waals surface area contributed by atoms with E-state index in [0.29, 0.717) is 10.9 Å². The van der Waals surface area contributed by atoms with Crippen LogP contribution in [-0.4, -0.2) is 38.8 Å². The van der Waals surface area contributed by atoms with Crippen molar-refractivity contribution in [1.29, 1.82) is 0 Å². The first-order chi connectivity index (χ1) is 10.0. The van der Waals surface area contributed by atoms with Gasteiger partial charge in [-0.3, -0.25) is 9.00 Å². The number of carbonyl (C=O) groups is 1. The van der Waals surface area contributed by atoms with Crippen LogP contribution in [0.15, 0.2) is 23.4 Å². The number of hydrogen-bond donors (Lipinski definition) is 0. The third-order valence-corrected chi connectivity index (χ3v) is 5.83. The number of hydrogen-bond acceptors (Lipinski definition) is 3. The van der Waals surface area contributed by atoms with Crippen molar-refractivity contribution in [3.63, 3.8) is 0 Å². The van der Waals surface area contributed by atoms with Gasteiger partial charge in [-0.2, -0.15) is 0 Å². The van der Waals surface area contributed by atoms with Gasteiger partial charge in [-0.05, 0) is 30.9 Å². The highest BCUT2D eigenvalue weighted by atomic mass is 35.5. The molecule has 0 saturated heterocycles. The Hall–Kier alpha value is -0.940. The van der Waals surface area contributed by atoms with Crippen LogP contribution in [0.5, 0.6) is 0 Å². The second-order valence-electron chi connectivity index (χ2n) is 5.61. The minimum Gasteiger partial charge on any atom is -0.342 e. The van der Waals surface area contributed by atoms with E-state index in [9.17, 15) is 9.00 Å². The van der Waals surface area contributed by atoms with E-state index in [1.807, 2.05) is 7.05 Å². The van der Waals surface area contributed by atoms with Crippen LogP contribution in [0.2, 0.25) is 5.02 Å². The summed E-state index contributed by atoms with van der Waals surface area (Å²) in [6, 6.07) is 3.57. The van der Waals surface area contributed by atoms with Crippen molar-refractivity contribution in [2.75, 3.05) is 12.8 Å². The molecule has 1 amide bonds. The third kappa shape index (κ3) is 4.04. The maximum atomic E-state index is 12.3. The van der Waals surface area contributed by atoms with Crippen LogP contribution in [0, 0.1) is 5.92 Å². The summed E-state index contributed by atoms with van der Waals surface area (Å²) in [6.07, 6.45) is 6.10. The predicted molar refractivity (Wildman–Crippen MR) is 84.7 cm³/mol. The lowest BCUT2D eigenvalue weighted by atomic mass is 9.85. The molecule has 4 nitrogen and oxygen atoms in total. The Morgan fingerprint density at radius 1 is 1.48 bits per heavy atom. The lowest BCUT2D eigenvalue weighted by molar-refractivity contribution is -0.130. The summed E-state index contributed by atoms with van der Waals surface area (Å²) in [4.78, 5) is 18.1. The van der Waals surface area contributed by atoms with Crippen LogP contribution in [0.3, 0.4) is 0 Å². The minimum absolute atomic E-state index is 0.0591. The van der Waals surface area contributed by atoms with Crippen LogP contribution in [0.4, 0.5) is 0 Å². The lowest BCUT2D eigenvalue weighted by Gasteiger charge is -2.36. The highest BCUT2D eigenvalue weighted by molar-refractivity contribution is 7.85. The quantitative estimate of drug-likeness (QED) is 0.854. The number of amides is 1. The second-order valence-corrected chi connectivity index (χ2v) is 7.39. The van der Waals surface area contributed by atoms with Gasteiger partial charge < -0.3 is 4.90 Å². The van der Waals surface area contributed by atoms with Crippen molar-refractivity contribution in [1.82, 2.24) is 9.88 Å². The van der Waals surface area contributed by atoms with E-state index in [-0.39, 0.29) is 22.7 Å². The summed E-state index contributed by atoms with van der Waals surface area (Å²) in [6.45, 7) is 2.18. The van der Waals surface area contributed by atoms with Crippen molar-refractivity contribution in [2.24, 2.45) is 5.92 Å². The average molecular weight is 329 g/mol. The van der Waals surface area contributed by atoms with Gasteiger partial charge in [0.25, 0.3) is 0 Å². The topological polar surface area (TPSA) is 50.3 Å². The Bertz CT molecular complexity index is 538. The van der Waals surface area contributed by atoms with Gasteiger partial charge in [0.15, 0.2) is 0 Å². The van der Waals surface area contributed by atoms with Crippen LogP contribution >= 0.6 is 11.6 Å². The summed E-state index contributed by atoms with van der Waals surface area (Å²) >= 11 is 5.97. The molecule has 1 aromatic rings. The fourth-order valence-electron chi connectivity index (χ4n) is 2.88. The molecule has 1 saturated carbocycles. The molecule has 0 unspecified atom stereocenters. The normalized spacial score (nSPS) is 23.6. The monoisotopic (exact) mass is 328 g/mol. The molecule has 0 spiro atoms. The first-order valence-electron chi connectivity index (χ1n) is 7.25. The van der Waals surface area contributed by atoms with Gasteiger partial charge in [0.1, 0.15) is 10.8 Å². The molecule has 0 aliphatic heterocycles. The Labute approximate surface area is 133 Å². The van der Waals surface area contributed by atoms with Crippen LogP contribution < -0.4 is 0 Å². The van der Waals surface area contributed by atoms with Gasteiger partial charge in [-0.1, -0.05) is 31.4 Å². The zero-order valence-electron chi connectivity index (χ0n) is 12.4. The summed E-state index contributed by atoms with van der Waals surface area (Å²) in [5.74, 6) is 0.338. The summed E-state index contributed by atoms with van der Waals surface area (Å²) in [5, 5.41) is 0.634. The number of pyridine rings is 1. The molecule has 1 fully saturated rings. The van der Waals surface area contributed by atoms with E-state index in [2.05, 4.69) is 11.9 Å². The van der Waals surface area contributed by atoms with Crippen molar-refractivity contribution in [3.05, 3.63) is 23.4 Å². The average Bonchev–Trinajstić information content (AvgIpc) is 2.47. The highest BCUT2D eigenvalue weighted by Gasteiger charge is 2.28. The molecule has 116 valence electrons. The zero-order chi connectivity index (χ0) is 15.4. The van der Waals surface area contributed by atoms with E-state index >= 15 is 0 Å². The van der Waals surface area contributed by atoms with Crippen molar-refractivity contribution < 1.29 is 9.00 Å². The third-order valence-electron chi connectivity index (χ3n) is 4.15. The smallest absolute Gasteiger partial charge is 0.235 e. The first kappa shape index (κ1) is 16.4. The van der Waals surface area contributed by atoms with Crippen molar-refractivity contribution in [3.8, 4) is 0 Å². The van der Waals surface area contributed by atoms with Gasteiger partial charge in [-0.15, -0.1) is 0 Å². The molecule has 0 bridgehead atoms. The van der Waals surface area contributed by atoms with Crippen molar-refractivity contribution in [2.45, 2.75) is 43.7 Å². The fourth-order valence-corrected chi connectivity index (χ4v) is 4.29. The Morgan fingerprint density at radius 2 is 2.19 bits per heavy atom. The Balaban J connectivity index is 2.00. The number of carbonyl (C=O) groups excluding carboxylic acids is 1. The van der Waals surface area contributed by atoms with E-state index in [0.717, 1.165) is 19.3 Å². The maximum absolute atomic E-state index is 12.3. The minimum atomic E-state index is -1.50. The highest BCUT2D eigenvalue weighted by Crippen LogP contribution is 2.27. The molecule has 0 aromatic carbocycles. The van der Waals surface area contributed by atoms with E-state index in [4.69, 9.17) is 11.6 Å². The molecule has 1 aliphatic rings. The molecule has 1 aromatic heterocycles. The molecule has 2 rings (SSSR count). The van der Waals surface area contributed by atoms with Crippen molar-refractivity contribution >= 4 is 28.3 Å². The molecular formula is C15H21ClN2O2S. The number of rotatable bonds is 4. The summed E-state index contributed by atoms with van der Waals surface area (Å²) < 4.78 is 12.3. The van der Waals surface area contributed by atoms with Gasteiger partial charge in [0.05, 0.1) is 15.8 Å². The van der Waals surface area contributed by atoms with Crippen LogP contribution in [0.1, 0.15) is 32.6 Å². The summed E-state index contributed by atoms with van der Waals surface area (Å²) in [5.41, 5.74) is 0. The lowest BCUT2D eigenvalue weighted by Crippen LogP contribution is -2.44. The molecule has 0 N–H and O–H groups in total. The molecule has 6 heteroatoms. The van der Waals surface area contributed by atoms with Gasteiger partial charge in [0.2, 0.25) is 5.91 Å². The number of aromatic nitrogens is 1. The Morgan fingerprint density at radius 3 is 2.86 bits per heavy atom. The molecule has 1 aliphatic carbocycles. The second kappa shape index (κ2) is 7.36. The van der Waals surface area contributed by atoms with Gasteiger partial charge in [-0.25, -0.2) is 4.98 Å². The zero-order valence-corrected chi connectivity index (χ0v) is 14.0.